The smallest absolute Gasteiger partial charge is 0.338 e. The van der Waals surface area contributed by atoms with Gasteiger partial charge in [-0.15, -0.1) is 11.3 Å². The molecule has 2 heterocycles. The number of anilines is 1. The Kier molecular flexibility index (Phi) is 6.75. The summed E-state index contributed by atoms with van der Waals surface area (Å²) in [6.07, 6.45) is 3.91. The molecule has 0 radical (unpaired) electrons. The van der Waals surface area contributed by atoms with Crippen LogP contribution in [-0.2, 0) is 29.0 Å². The molecule has 2 aromatic heterocycles. The first-order valence-corrected chi connectivity index (χ1v) is 11.4. The summed E-state index contributed by atoms with van der Waals surface area (Å²) >= 11 is 1.43. The van der Waals surface area contributed by atoms with E-state index in [9.17, 15) is 14.9 Å². The quantitative estimate of drug-likeness (QED) is 0.512. The van der Waals surface area contributed by atoms with Gasteiger partial charge in [0.2, 0.25) is 0 Å². The van der Waals surface area contributed by atoms with E-state index in [0.29, 0.717) is 22.1 Å². The molecule has 3 aromatic rings. The van der Waals surface area contributed by atoms with E-state index in [2.05, 4.69) is 16.5 Å². The van der Waals surface area contributed by atoms with E-state index in [1.54, 1.807) is 24.3 Å². The molecule has 0 saturated carbocycles. The van der Waals surface area contributed by atoms with Gasteiger partial charge in [0.15, 0.2) is 6.61 Å². The molecule has 0 spiro atoms. The number of aromatic nitrogens is 1. The summed E-state index contributed by atoms with van der Waals surface area (Å²) in [5, 5.41) is 16.6. The first-order chi connectivity index (χ1) is 16.0. The van der Waals surface area contributed by atoms with Crippen molar-refractivity contribution in [2.75, 3.05) is 11.9 Å². The molecule has 1 amide bonds. The average Bonchev–Trinajstić information content (AvgIpc) is 3.34. The molecular formula is C24H23N3O5S. The highest BCUT2D eigenvalue weighted by molar-refractivity contribution is 7.16. The number of hydrogen-bond acceptors (Lipinski definition) is 8. The topological polar surface area (TPSA) is 114 Å². The van der Waals surface area contributed by atoms with Gasteiger partial charge in [0.05, 0.1) is 22.4 Å². The molecule has 1 aliphatic carbocycles. The molecule has 0 aliphatic heterocycles. The van der Waals surface area contributed by atoms with Gasteiger partial charge in [0.1, 0.15) is 29.2 Å². The Hall–Kier alpha value is -3.64. The molecule has 0 saturated heterocycles. The molecule has 1 aliphatic rings. The lowest BCUT2D eigenvalue weighted by Gasteiger charge is -2.09. The van der Waals surface area contributed by atoms with E-state index in [0.717, 1.165) is 47.4 Å². The highest BCUT2D eigenvalue weighted by Crippen LogP contribution is 2.37. The van der Waals surface area contributed by atoms with Crippen LogP contribution >= 0.6 is 11.3 Å². The minimum absolute atomic E-state index is 0.258. The Labute approximate surface area is 195 Å². The van der Waals surface area contributed by atoms with Crippen molar-refractivity contribution in [1.82, 2.24) is 5.16 Å². The van der Waals surface area contributed by atoms with Crippen molar-refractivity contribution < 1.29 is 23.6 Å². The number of amides is 1. The molecule has 33 heavy (non-hydrogen) atoms. The van der Waals surface area contributed by atoms with Gasteiger partial charge < -0.3 is 19.3 Å². The van der Waals surface area contributed by atoms with Crippen LogP contribution in [0.3, 0.4) is 0 Å². The van der Waals surface area contributed by atoms with Crippen LogP contribution in [0.4, 0.5) is 5.00 Å². The highest BCUT2D eigenvalue weighted by Gasteiger charge is 2.22. The van der Waals surface area contributed by atoms with Gasteiger partial charge in [-0.25, -0.2) is 4.79 Å². The van der Waals surface area contributed by atoms with Crippen molar-refractivity contribution in [3.63, 3.8) is 0 Å². The summed E-state index contributed by atoms with van der Waals surface area (Å²) in [6, 6.07) is 8.74. The SMILES string of the molecule is Cc1noc(C)c1COc1cccc(C(=O)OCC(=O)Nc2sc3c(c2C#N)CCCC3)c1. The second-order valence-corrected chi connectivity index (χ2v) is 8.88. The lowest BCUT2D eigenvalue weighted by atomic mass is 9.96. The highest BCUT2D eigenvalue weighted by atomic mass is 32.1. The van der Waals surface area contributed by atoms with Gasteiger partial charge in [0.25, 0.3) is 5.91 Å². The Morgan fingerprint density at radius 2 is 2.09 bits per heavy atom. The van der Waals surface area contributed by atoms with Gasteiger partial charge in [-0.2, -0.15) is 5.26 Å². The number of ether oxygens (including phenoxy) is 2. The van der Waals surface area contributed by atoms with Crippen LogP contribution in [0.5, 0.6) is 5.75 Å². The van der Waals surface area contributed by atoms with Gasteiger partial charge in [-0.3, -0.25) is 4.79 Å². The fraction of sp³-hybridized carbons (Fsp3) is 0.333. The molecule has 170 valence electrons. The third kappa shape index (κ3) is 5.07. The minimum atomic E-state index is -0.640. The number of rotatable bonds is 7. The maximum Gasteiger partial charge on any atom is 0.338 e. The largest absolute Gasteiger partial charge is 0.489 e. The summed E-state index contributed by atoms with van der Waals surface area (Å²) in [5.74, 6) is 0.0418. The number of carbonyl (C=O) groups is 2. The molecule has 0 fully saturated rings. The predicted molar refractivity (Wildman–Crippen MR) is 121 cm³/mol. The van der Waals surface area contributed by atoms with Crippen LogP contribution < -0.4 is 10.1 Å². The average molecular weight is 466 g/mol. The van der Waals surface area contributed by atoms with E-state index in [1.807, 2.05) is 13.8 Å². The number of fused-ring (bicyclic) bond motifs is 1. The molecule has 1 N–H and O–H groups in total. The second-order valence-electron chi connectivity index (χ2n) is 7.77. The summed E-state index contributed by atoms with van der Waals surface area (Å²) in [6.45, 7) is 3.45. The summed E-state index contributed by atoms with van der Waals surface area (Å²) in [4.78, 5) is 26.0. The number of nitriles is 1. The van der Waals surface area contributed by atoms with Gasteiger partial charge in [-0.05, 0) is 63.3 Å². The number of aryl methyl sites for hydroxylation is 3. The molecule has 0 unspecified atom stereocenters. The summed E-state index contributed by atoms with van der Waals surface area (Å²) in [5.41, 5.74) is 3.43. The van der Waals surface area contributed by atoms with Crippen molar-refractivity contribution in [2.45, 2.75) is 46.1 Å². The van der Waals surface area contributed by atoms with E-state index >= 15 is 0 Å². The lowest BCUT2D eigenvalue weighted by Crippen LogP contribution is -2.21. The van der Waals surface area contributed by atoms with Crippen LogP contribution in [0.25, 0.3) is 0 Å². The van der Waals surface area contributed by atoms with Crippen molar-refractivity contribution in [3.05, 3.63) is 62.9 Å². The molecule has 0 atom stereocenters. The first-order valence-electron chi connectivity index (χ1n) is 10.6. The molecule has 0 bridgehead atoms. The normalized spacial score (nSPS) is 12.5. The van der Waals surface area contributed by atoms with Crippen LogP contribution in [0.2, 0.25) is 0 Å². The summed E-state index contributed by atoms with van der Waals surface area (Å²) in [7, 11) is 0. The predicted octanol–water partition coefficient (Wildman–Crippen LogP) is 4.48. The molecule has 8 nitrogen and oxygen atoms in total. The molecular weight excluding hydrogens is 442 g/mol. The third-order valence-electron chi connectivity index (χ3n) is 5.50. The van der Waals surface area contributed by atoms with Gasteiger partial charge in [-0.1, -0.05) is 11.2 Å². The Morgan fingerprint density at radius 3 is 2.85 bits per heavy atom. The molecule has 1 aromatic carbocycles. The van der Waals surface area contributed by atoms with E-state index < -0.39 is 18.5 Å². The monoisotopic (exact) mass is 465 g/mol. The molecule has 9 heteroatoms. The fourth-order valence-corrected chi connectivity index (χ4v) is 4.98. The molecule has 4 rings (SSSR count). The summed E-state index contributed by atoms with van der Waals surface area (Å²) < 4.78 is 16.0. The van der Waals surface area contributed by atoms with Crippen LogP contribution in [-0.4, -0.2) is 23.6 Å². The first kappa shape index (κ1) is 22.6. The van der Waals surface area contributed by atoms with Crippen molar-refractivity contribution in [1.29, 1.82) is 5.26 Å². The third-order valence-corrected chi connectivity index (χ3v) is 6.71. The Morgan fingerprint density at radius 1 is 1.27 bits per heavy atom. The number of nitrogens with zero attached hydrogens (tertiary/aromatic N) is 2. The zero-order valence-electron chi connectivity index (χ0n) is 18.4. The van der Waals surface area contributed by atoms with E-state index in [4.69, 9.17) is 14.0 Å². The van der Waals surface area contributed by atoms with Crippen molar-refractivity contribution in [2.24, 2.45) is 0 Å². The number of carbonyl (C=O) groups excluding carboxylic acids is 2. The van der Waals surface area contributed by atoms with E-state index in [-0.39, 0.29) is 12.2 Å². The Bertz CT molecular complexity index is 1220. The van der Waals surface area contributed by atoms with Gasteiger partial charge in [0, 0.05) is 4.88 Å². The zero-order valence-corrected chi connectivity index (χ0v) is 19.2. The minimum Gasteiger partial charge on any atom is -0.489 e. The number of nitrogens with one attached hydrogen (secondary N) is 1. The zero-order chi connectivity index (χ0) is 23.4. The Balaban J connectivity index is 1.33. The standard InChI is InChI=1S/C24H23N3O5S/c1-14-20(15(2)32-27-14)12-30-17-7-5-6-16(10-17)24(29)31-13-22(28)26-23-19(11-25)18-8-3-4-9-21(18)33-23/h5-7,10H,3-4,8-9,12-13H2,1-2H3,(H,26,28). The van der Waals surface area contributed by atoms with Crippen molar-refractivity contribution in [3.8, 4) is 11.8 Å². The van der Waals surface area contributed by atoms with Crippen molar-refractivity contribution >= 4 is 28.2 Å². The lowest BCUT2D eigenvalue weighted by molar-refractivity contribution is -0.119. The van der Waals surface area contributed by atoms with Crippen LogP contribution in [0.1, 0.15) is 56.2 Å². The fourth-order valence-electron chi connectivity index (χ4n) is 3.73. The van der Waals surface area contributed by atoms with Gasteiger partial charge >= 0.3 is 5.97 Å². The van der Waals surface area contributed by atoms with Crippen LogP contribution in [0, 0.1) is 25.2 Å². The van der Waals surface area contributed by atoms with Crippen LogP contribution in [0.15, 0.2) is 28.8 Å². The van der Waals surface area contributed by atoms with E-state index in [1.165, 1.54) is 11.3 Å². The number of thiophene rings is 1. The maximum atomic E-state index is 12.4. The maximum absolute atomic E-state index is 12.4. The second kappa shape index (κ2) is 9.88. The number of esters is 1. The number of hydrogen-bond donors (Lipinski definition) is 1. The number of benzene rings is 1.